The lowest BCUT2D eigenvalue weighted by atomic mass is 10.2. The molecule has 3 heteroatoms. The van der Waals surface area contributed by atoms with Gasteiger partial charge in [-0.3, -0.25) is 0 Å². The van der Waals surface area contributed by atoms with E-state index in [0.29, 0.717) is 0 Å². The van der Waals surface area contributed by atoms with Crippen LogP contribution in [0.1, 0.15) is 11.7 Å². The zero-order valence-electron chi connectivity index (χ0n) is 5.57. The average molecular weight is 153 g/mol. The van der Waals surface area contributed by atoms with Crippen LogP contribution in [0, 0.1) is 11.3 Å². The Kier molecular flexibility index (Phi) is 2.43. The van der Waals surface area contributed by atoms with Crippen molar-refractivity contribution in [3.8, 4) is 6.07 Å². The summed E-state index contributed by atoms with van der Waals surface area (Å²) in [7, 11) is 1.53. The van der Waals surface area contributed by atoms with E-state index in [9.17, 15) is 0 Å². The van der Waals surface area contributed by atoms with Crippen LogP contribution in [0.5, 0.6) is 0 Å². The highest BCUT2D eigenvalue weighted by Gasteiger charge is 2.07. The number of nitriles is 1. The fourth-order valence-electron chi connectivity index (χ4n) is 0.688. The van der Waals surface area contributed by atoms with Crippen molar-refractivity contribution in [1.82, 2.24) is 0 Å². The first-order valence-corrected chi connectivity index (χ1v) is 3.77. The lowest BCUT2D eigenvalue weighted by molar-refractivity contribution is 0.149. The normalized spacial score (nSPS) is 12.4. The average Bonchev–Trinajstić information content (AvgIpc) is 2.43. The maximum absolute atomic E-state index is 8.53. The van der Waals surface area contributed by atoms with Gasteiger partial charge in [0.25, 0.3) is 0 Å². The number of nitrogens with zero attached hydrogens (tertiary/aromatic N) is 1. The predicted molar refractivity (Wildman–Crippen MR) is 39.7 cm³/mol. The van der Waals surface area contributed by atoms with Gasteiger partial charge in [0.05, 0.1) is 6.07 Å². The van der Waals surface area contributed by atoms with Crippen LogP contribution < -0.4 is 0 Å². The van der Waals surface area contributed by atoms with Crippen molar-refractivity contribution >= 4 is 11.3 Å². The van der Waals surface area contributed by atoms with Gasteiger partial charge in [0.15, 0.2) is 6.10 Å². The minimum atomic E-state index is -0.397. The Bertz CT molecular complexity index is 224. The molecule has 0 unspecified atom stereocenters. The Balaban J connectivity index is 2.76. The number of thiophene rings is 1. The van der Waals surface area contributed by atoms with Gasteiger partial charge in [0.2, 0.25) is 0 Å². The summed E-state index contributed by atoms with van der Waals surface area (Å²) in [4.78, 5) is 0. The van der Waals surface area contributed by atoms with Gasteiger partial charge in [-0.05, 0) is 16.8 Å². The van der Waals surface area contributed by atoms with E-state index in [4.69, 9.17) is 10.00 Å². The van der Waals surface area contributed by atoms with Crippen molar-refractivity contribution in [2.45, 2.75) is 6.10 Å². The predicted octanol–water partition coefficient (Wildman–Crippen LogP) is 1.96. The quantitative estimate of drug-likeness (QED) is 0.650. The highest BCUT2D eigenvalue weighted by molar-refractivity contribution is 7.07. The zero-order valence-corrected chi connectivity index (χ0v) is 6.39. The van der Waals surface area contributed by atoms with Crippen molar-refractivity contribution in [3.63, 3.8) is 0 Å². The summed E-state index contributed by atoms with van der Waals surface area (Å²) in [5.41, 5.74) is 0.940. The zero-order chi connectivity index (χ0) is 7.40. The molecule has 0 aliphatic rings. The molecule has 1 aromatic rings. The van der Waals surface area contributed by atoms with E-state index in [0.717, 1.165) is 5.56 Å². The fraction of sp³-hybridized carbons (Fsp3) is 0.286. The van der Waals surface area contributed by atoms with Crippen LogP contribution in [0.3, 0.4) is 0 Å². The van der Waals surface area contributed by atoms with Crippen molar-refractivity contribution in [1.29, 1.82) is 5.26 Å². The molecule has 1 aromatic heterocycles. The Morgan fingerprint density at radius 3 is 3.00 bits per heavy atom. The molecular formula is C7H7NOS. The Morgan fingerprint density at radius 1 is 1.80 bits per heavy atom. The van der Waals surface area contributed by atoms with Crippen molar-refractivity contribution in [2.24, 2.45) is 0 Å². The van der Waals surface area contributed by atoms with Gasteiger partial charge in [0.1, 0.15) is 0 Å². The molecule has 0 saturated carbocycles. The van der Waals surface area contributed by atoms with E-state index in [-0.39, 0.29) is 0 Å². The third-order valence-electron chi connectivity index (χ3n) is 1.20. The van der Waals surface area contributed by atoms with Crippen LogP contribution in [-0.2, 0) is 4.74 Å². The maximum Gasteiger partial charge on any atom is 0.169 e. The molecule has 1 heterocycles. The van der Waals surface area contributed by atoms with E-state index in [1.54, 1.807) is 11.3 Å². The third kappa shape index (κ3) is 1.35. The second-order valence-electron chi connectivity index (χ2n) is 1.80. The third-order valence-corrected chi connectivity index (χ3v) is 1.90. The number of rotatable bonds is 2. The smallest absolute Gasteiger partial charge is 0.169 e. The number of methoxy groups -OCH3 is 1. The lowest BCUT2D eigenvalue weighted by Crippen LogP contribution is -1.94. The first-order valence-electron chi connectivity index (χ1n) is 2.83. The summed E-state index contributed by atoms with van der Waals surface area (Å²) >= 11 is 1.57. The molecule has 0 amide bonds. The molecule has 0 N–H and O–H groups in total. The minimum Gasteiger partial charge on any atom is -0.362 e. The molecule has 0 fully saturated rings. The monoisotopic (exact) mass is 153 g/mol. The maximum atomic E-state index is 8.53. The molecule has 10 heavy (non-hydrogen) atoms. The van der Waals surface area contributed by atoms with Crippen LogP contribution in [-0.4, -0.2) is 7.11 Å². The van der Waals surface area contributed by atoms with E-state index in [1.807, 2.05) is 22.9 Å². The van der Waals surface area contributed by atoms with E-state index < -0.39 is 6.10 Å². The molecule has 0 aliphatic heterocycles. The number of hydrogen-bond acceptors (Lipinski definition) is 3. The summed E-state index contributed by atoms with van der Waals surface area (Å²) < 4.78 is 4.89. The first-order chi connectivity index (χ1) is 4.88. The molecule has 0 radical (unpaired) electrons. The largest absolute Gasteiger partial charge is 0.362 e. The van der Waals surface area contributed by atoms with Crippen molar-refractivity contribution in [3.05, 3.63) is 22.4 Å². The van der Waals surface area contributed by atoms with Gasteiger partial charge in [-0.15, -0.1) is 0 Å². The van der Waals surface area contributed by atoms with Gasteiger partial charge in [0, 0.05) is 12.7 Å². The molecule has 52 valence electrons. The van der Waals surface area contributed by atoms with Crippen LogP contribution in [0.4, 0.5) is 0 Å². The first kappa shape index (κ1) is 7.26. The highest BCUT2D eigenvalue weighted by Crippen LogP contribution is 2.17. The van der Waals surface area contributed by atoms with E-state index in [2.05, 4.69) is 0 Å². The molecule has 0 bridgehead atoms. The van der Waals surface area contributed by atoms with Gasteiger partial charge in [-0.2, -0.15) is 16.6 Å². The summed E-state index contributed by atoms with van der Waals surface area (Å²) in [6, 6.07) is 3.93. The lowest BCUT2D eigenvalue weighted by Gasteiger charge is -2.01. The van der Waals surface area contributed by atoms with Crippen LogP contribution in [0.25, 0.3) is 0 Å². The van der Waals surface area contributed by atoms with Crippen molar-refractivity contribution in [2.75, 3.05) is 7.11 Å². The van der Waals surface area contributed by atoms with Crippen LogP contribution in [0.15, 0.2) is 16.8 Å². The van der Waals surface area contributed by atoms with E-state index in [1.165, 1.54) is 7.11 Å². The Hall–Kier alpha value is -0.850. The van der Waals surface area contributed by atoms with Gasteiger partial charge in [-0.25, -0.2) is 0 Å². The Labute approximate surface area is 63.7 Å². The van der Waals surface area contributed by atoms with Crippen molar-refractivity contribution < 1.29 is 4.74 Å². The standard InChI is InChI=1S/C7H7NOS/c1-9-7(4-8)6-2-3-10-5-6/h2-3,5,7H,1H3/t7-/m0/s1. The summed E-state index contributed by atoms with van der Waals surface area (Å²) in [5, 5.41) is 12.4. The fourth-order valence-corrected chi connectivity index (χ4v) is 1.36. The Morgan fingerprint density at radius 2 is 2.60 bits per heavy atom. The topological polar surface area (TPSA) is 33.0 Å². The number of ether oxygens (including phenoxy) is 1. The molecule has 2 nitrogen and oxygen atoms in total. The van der Waals surface area contributed by atoms with Gasteiger partial charge < -0.3 is 4.74 Å². The molecule has 0 spiro atoms. The molecule has 0 saturated heterocycles. The van der Waals surface area contributed by atoms with Gasteiger partial charge in [-0.1, -0.05) is 0 Å². The molecule has 1 atom stereocenters. The molecular weight excluding hydrogens is 146 g/mol. The second-order valence-corrected chi connectivity index (χ2v) is 2.58. The minimum absolute atomic E-state index is 0.397. The highest BCUT2D eigenvalue weighted by atomic mass is 32.1. The number of hydrogen-bond donors (Lipinski definition) is 0. The van der Waals surface area contributed by atoms with Crippen LogP contribution in [0.2, 0.25) is 0 Å². The van der Waals surface area contributed by atoms with Gasteiger partial charge >= 0.3 is 0 Å². The van der Waals surface area contributed by atoms with Crippen LogP contribution >= 0.6 is 11.3 Å². The summed E-state index contributed by atoms with van der Waals surface area (Å²) in [5.74, 6) is 0. The second kappa shape index (κ2) is 3.35. The summed E-state index contributed by atoms with van der Waals surface area (Å²) in [6.45, 7) is 0. The molecule has 0 aromatic carbocycles. The summed E-state index contributed by atoms with van der Waals surface area (Å²) in [6.07, 6.45) is -0.397. The SMILES string of the molecule is CO[C@@H](C#N)c1ccsc1. The van der Waals surface area contributed by atoms with E-state index >= 15 is 0 Å². The molecule has 1 rings (SSSR count). The molecule has 0 aliphatic carbocycles.